The van der Waals surface area contributed by atoms with E-state index in [4.69, 9.17) is 14.6 Å². The van der Waals surface area contributed by atoms with Gasteiger partial charge in [0, 0.05) is 12.6 Å². The third-order valence-electron chi connectivity index (χ3n) is 3.91. The van der Waals surface area contributed by atoms with E-state index in [9.17, 15) is 0 Å². The second-order valence-corrected chi connectivity index (χ2v) is 5.47. The Bertz CT molecular complexity index is 537. The highest BCUT2D eigenvalue weighted by molar-refractivity contribution is 5.42. The van der Waals surface area contributed by atoms with Crippen molar-refractivity contribution in [2.45, 2.75) is 32.4 Å². The number of likely N-dealkylation sites (tertiary alicyclic amines) is 1. The van der Waals surface area contributed by atoms with Gasteiger partial charge >= 0.3 is 0 Å². The van der Waals surface area contributed by atoms with Crippen molar-refractivity contribution in [3.8, 4) is 11.7 Å². The SMILES string of the molecule is CC1CCN(Cc2nnc(-c3ccco3)o2)C(CN)C1. The van der Waals surface area contributed by atoms with Gasteiger partial charge in [-0.2, -0.15) is 0 Å². The van der Waals surface area contributed by atoms with Crippen LogP contribution in [0.3, 0.4) is 0 Å². The normalized spacial score (nSPS) is 24.1. The van der Waals surface area contributed by atoms with Crippen molar-refractivity contribution in [2.75, 3.05) is 13.1 Å². The van der Waals surface area contributed by atoms with Crippen molar-refractivity contribution in [1.29, 1.82) is 0 Å². The van der Waals surface area contributed by atoms with E-state index in [0.717, 1.165) is 18.9 Å². The van der Waals surface area contributed by atoms with Crippen molar-refractivity contribution in [3.63, 3.8) is 0 Å². The van der Waals surface area contributed by atoms with Gasteiger partial charge < -0.3 is 14.6 Å². The monoisotopic (exact) mass is 276 g/mol. The number of furan rings is 1. The summed E-state index contributed by atoms with van der Waals surface area (Å²) in [6, 6.07) is 4.01. The molecule has 0 aromatic carbocycles. The van der Waals surface area contributed by atoms with E-state index in [1.165, 1.54) is 6.42 Å². The summed E-state index contributed by atoms with van der Waals surface area (Å²) in [6.45, 7) is 4.63. The predicted molar refractivity (Wildman–Crippen MR) is 73.7 cm³/mol. The summed E-state index contributed by atoms with van der Waals surface area (Å²) in [7, 11) is 0. The first-order valence-electron chi connectivity index (χ1n) is 7.06. The lowest BCUT2D eigenvalue weighted by Crippen LogP contribution is -2.45. The Morgan fingerprint density at radius 2 is 2.35 bits per heavy atom. The maximum atomic E-state index is 5.87. The Balaban J connectivity index is 1.68. The average Bonchev–Trinajstić information content (AvgIpc) is 3.11. The molecule has 0 amide bonds. The molecule has 2 unspecified atom stereocenters. The molecule has 6 nitrogen and oxygen atoms in total. The highest BCUT2D eigenvalue weighted by atomic mass is 16.4. The standard InChI is InChI=1S/C14H20N4O2/c1-10-4-5-18(11(7-10)8-15)9-13-16-17-14(20-13)12-3-2-6-19-12/h2-3,6,10-11H,4-5,7-9,15H2,1H3. The fourth-order valence-electron chi connectivity index (χ4n) is 2.74. The molecule has 3 rings (SSSR count). The summed E-state index contributed by atoms with van der Waals surface area (Å²) in [5.74, 6) is 2.39. The molecule has 108 valence electrons. The van der Waals surface area contributed by atoms with Gasteiger partial charge in [-0.1, -0.05) is 6.92 Å². The summed E-state index contributed by atoms with van der Waals surface area (Å²) in [5.41, 5.74) is 5.87. The molecule has 2 atom stereocenters. The molecule has 0 spiro atoms. The summed E-state index contributed by atoms with van der Waals surface area (Å²) in [4.78, 5) is 2.33. The van der Waals surface area contributed by atoms with Crippen molar-refractivity contribution >= 4 is 0 Å². The molecule has 0 saturated carbocycles. The molecule has 0 radical (unpaired) electrons. The first-order valence-corrected chi connectivity index (χ1v) is 7.06. The highest BCUT2D eigenvalue weighted by Crippen LogP contribution is 2.24. The van der Waals surface area contributed by atoms with E-state index in [-0.39, 0.29) is 0 Å². The average molecular weight is 276 g/mol. The minimum Gasteiger partial charge on any atom is -0.459 e. The molecule has 2 N–H and O–H groups in total. The summed E-state index contributed by atoms with van der Waals surface area (Å²) in [6.07, 6.45) is 3.92. The van der Waals surface area contributed by atoms with E-state index < -0.39 is 0 Å². The molecule has 2 aromatic rings. The fraction of sp³-hybridized carbons (Fsp3) is 0.571. The summed E-state index contributed by atoms with van der Waals surface area (Å²) in [5, 5.41) is 8.12. The molecule has 1 saturated heterocycles. The van der Waals surface area contributed by atoms with Crippen LogP contribution in [0.25, 0.3) is 11.7 Å². The van der Waals surface area contributed by atoms with Crippen LogP contribution in [0.15, 0.2) is 27.2 Å². The maximum absolute atomic E-state index is 5.87. The Morgan fingerprint density at radius 1 is 1.45 bits per heavy atom. The van der Waals surface area contributed by atoms with Gasteiger partial charge in [0.1, 0.15) is 0 Å². The fourth-order valence-corrected chi connectivity index (χ4v) is 2.74. The molecule has 6 heteroatoms. The Labute approximate surface area is 117 Å². The van der Waals surface area contributed by atoms with Gasteiger partial charge in [-0.15, -0.1) is 10.2 Å². The molecule has 1 aliphatic heterocycles. The topological polar surface area (TPSA) is 81.3 Å². The molecule has 0 bridgehead atoms. The van der Waals surface area contributed by atoms with E-state index in [2.05, 4.69) is 22.0 Å². The molecular formula is C14H20N4O2. The maximum Gasteiger partial charge on any atom is 0.283 e. The number of rotatable bonds is 4. The van der Waals surface area contributed by atoms with Gasteiger partial charge in [-0.05, 0) is 37.4 Å². The van der Waals surface area contributed by atoms with Gasteiger partial charge in [0.15, 0.2) is 5.76 Å². The van der Waals surface area contributed by atoms with Crippen LogP contribution in [0.1, 0.15) is 25.7 Å². The van der Waals surface area contributed by atoms with Crippen LogP contribution in [-0.2, 0) is 6.54 Å². The second kappa shape index (κ2) is 5.76. The van der Waals surface area contributed by atoms with Gasteiger partial charge in [0.2, 0.25) is 5.89 Å². The number of nitrogens with two attached hydrogens (primary N) is 1. The molecule has 1 aliphatic rings. The van der Waals surface area contributed by atoms with Crippen LogP contribution in [0, 0.1) is 5.92 Å². The second-order valence-electron chi connectivity index (χ2n) is 5.47. The first kappa shape index (κ1) is 13.3. The number of aromatic nitrogens is 2. The zero-order valence-corrected chi connectivity index (χ0v) is 11.7. The van der Waals surface area contributed by atoms with E-state index in [1.54, 1.807) is 12.3 Å². The lowest BCUT2D eigenvalue weighted by molar-refractivity contribution is 0.105. The predicted octanol–water partition coefficient (Wildman–Crippen LogP) is 1.89. The summed E-state index contributed by atoms with van der Waals surface area (Å²) >= 11 is 0. The van der Waals surface area contributed by atoms with Crippen LogP contribution in [0.5, 0.6) is 0 Å². The third kappa shape index (κ3) is 2.76. The largest absolute Gasteiger partial charge is 0.459 e. The summed E-state index contributed by atoms with van der Waals surface area (Å²) < 4.78 is 10.9. The lowest BCUT2D eigenvalue weighted by atomic mass is 9.92. The number of nitrogens with zero attached hydrogens (tertiary/aromatic N) is 3. The molecular weight excluding hydrogens is 256 g/mol. The smallest absolute Gasteiger partial charge is 0.283 e. The van der Waals surface area contributed by atoms with Crippen molar-refractivity contribution in [2.24, 2.45) is 11.7 Å². The van der Waals surface area contributed by atoms with Crippen LogP contribution >= 0.6 is 0 Å². The Morgan fingerprint density at radius 3 is 3.10 bits per heavy atom. The minimum absolute atomic E-state index is 0.401. The molecule has 20 heavy (non-hydrogen) atoms. The van der Waals surface area contributed by atoms with Crippen molar-refractivity contribution in [3.05, 3.63) is 24.3 Å². The Kier molecular flexibility index (Phi) is 3.84. The number of hydrogen-bond donors (Lipinski definition) is 1. The first-order chi connectivity index (χ1) is 9.76. The zero-order chi connectivity index (χ0) is 13.9. The van der Waals surface area contributed by atoms with Crippen LogP contribution in [0.2, 0.25) is 0 Å². The van der Waals surface area contributed by atoms with Crippen molar-refractivity contribution < 1.29 is 8.83 Å². The van der Waals surface area contributed by atoms with E-state index in [1.807, 2.05) is 6.07 Å². The minimum atomic E-state index is 0.401. The Hall–Kier alpha value is -1.66. The highest BCUT2D eigenvalue weighted by Gasteiger charge is 2.26. The molecule has 1 fully saturated rings. The third-order valence-corrected chi connectivity index (χ3v) is 3.91. The van der Waals surface area contributed by atoms with Crippen LogP contribution < -0.4 is 5.73 Å². The van der Waals surface area contributed by atoms with Gasteiger partial charge in [-0.25, -0.2) is 0 Å². The molecule has 0 aliphatic carbocycles. The number of piperidine rings is 1. The van der Waals surface area contributed by atoms with Crippen LogP contribution in [-0.4, -0.2) is 34.2 Å². The van der Waals surface area contributed by atoms with E-state index in [0.29, 0.717) is 36.7 Å². The van der Waals surface area contributed by atoms with Gasteiger partial charge in [-0.3, -0.25) is 4.90 Å². The van der Waals surface area contributed by atoms with E-state index >= 15 is 0 Å². The lowest BCUT2D eigenvalue weighted by Gasteiger charge is -2.36. The quantitative estimate of drug-likeness (QED) is 0.918. The van der Waals surface area contributed by atoms with Crippen molar-refractivity contribution in [1.82, 2.24) is 15.1 Å². The molecule has 2 aromatic heterocycles. The zero-order valence-electron chi connectivity index (χ0n) is 11.7. The molecule has 3 heterocycles. The van der Waals surface area contributed by atoms with Gasteiger partial charge in [0.25, 0.3) is 5.89 Å². The van der Waals surface area contributed by atoms with Crippen LogP contribution in [0.4, 0.5) is 0 Å². The van der Waals surface area contributed by atoms with Gasteiger partial charge in [0.05, 0.1) is 12.8 Å². The number of hydrogen-bond acceptors (Lipinski definition) is 6.